The molecule has 0 spiro atoms. The molecule has 0 saturated heterocycles. The molecule has 2 N–H and O–H groups in total. The minimum atomic E-state index is -0.471. The highest BCUT2D eigenvalue weighted by molar-refractivity contribution is 6.30. The summed E-state index contributed by atoms with van der Waals surface area (Å²) >= 11 is 5.96. The third kappa shape index (κ3) is 4.61. The average Bonchev–Trinajstić information content (AvgIpc) is 3.03. The molecule has 0 fully saturated rings. The molecule has 0 aliphatic carbocycles. The number of carbonyl (C=O) groups is 2. The highest BCUT2D eigenvalue weighted by atomic mass is 35.5. The molecular weight excluding hydrogens is 396 g/mol. The van der Waals surface area contributed by atoms with Crippen molar-refractivity contribution in [2.45, 2.75) is 13.1 Å². The summed E-state index contributed by atoms with van der Waals surface area (Å²) in [6.07, 6.45) is 0. The van der Waals surface area contributed by atoms with Crippen LogP contribution in [-0.4, -0.2) is 39.8 Å². The number of rotatable bonds is 7. The van der Waals surface area contributed by atoms with Gasteiger partial charge in [-0.05, 0) is 42.0 Å². The number of ketones is 1. The normalized spacial score (nSPS) is 10.7. The van der Waals surface area contributed by atoms with Crippen molar-refractivity contribution in [2.24, 2.45) is 5.73 Å². The first kappa shape index (κ1) is 20.5. The van der Waals surface area contributed by atoms with E-state index in [9.17, 15) is 14.4 Å². The largest absolute Gasteiger partial charge is 0.465 e. The van der Waals surface area contributed by atoms with E-state index >= 15 is 0 Å². The molecule has 0 radical (unpaired) electrons. The van der Waals surface area contributed by atoms with Crippen molar-refractivity contribution >= 4 is 23.4 Å². The van der Waals surface area contributed by atoms with Gasteiger partial charge in [-0.1, -0.05) is 23.7 Å². The second-order valence-electron chi connectivity index (χ2n) is 6.29. The van der Waals surface area contributed by atoms with E-state index in [-0.39, 0.29) is 25.4 Å². The molecule has 0 amide bonds. The van der Waals surface area contributed by atoms with Crippen molar-refractivity contribution in [1.82, 2.24) is 14.3 Å². The van der Waals surface area contributed by atoms with Crippen LogP contribution in [0.1, 0.15) is 15.9 Å². The molecule has 0 unspecified atom stereocenters. The number of hydrogen-bond acceptors (Lipinski definition) is 6. The Hall–Kier alpha value is -3.23. The number of nitrogens with zero attached hydrogens (tertiary/aromatic N) is 3. The SMILES string of the molecule is COC(=O)c1cccc(Cn2c(-c3ccc(Cl)cc3)nn(CC(=O)CN)c2=O)c1. The molecule has 29 heavy (non-hydrogen) atoms. The fourth-order valence-corrected chi connectivity index (χ4v) is 2.95. The summed E-state index contributed by atoms with van der Waals surface area (Å²) < 4.78 is 7.26. The minimum absolute atomic E-state index is 0.151. The lowest BCUT2D eigenvalue weighted by Gasteiger charge is -2.07. The van der Waals surface area contributed by atoms with Crippen LogP contribution in [0.25, 0.3) is 11.4 Å². The lowest BCUT2D eigenvalue weighted by atomic mass is 10.1. The lowest BCUT2D eigenvalue weighted by Crippen LogP contribution is -2.30. The number of aromatic nitrogens is 3. The van der Waals surface area contributed by atoms with Crippen molar-refractivity contribution in [2.75, 3.05) is 13.7 Å². The molecule has 0 bridgehead atoms. The Labute approximate surface area is 171 Å². The number of ether oxygens (including phenoxy) is 1. The van der Waals surface area contributed by atoms with Crippen molar-refractivity contribution in [3.8, 4) is 11.4 Å². The highest BCUT2D eigenvalue weighted by Gasteiger charge is 2.17. The van der Waals surface area contributed by atoms with Crippen molar-refractivity contribution in [3.63, 3.8) is 0 Å². The smallest absolute Gasteiger partial charge is 0.346 e. The van der Waals surface area contributed by atoms with E-state index < -0.39 is 11.7 Å². The maximum absolute atomic E-state index is 12.9. The van der Waals surface area contributed by atoms with Crippen LogP contribution in [0.5, 0.6) is 0 Å². The first-order chi connectivity index (χ1) is 13.9. The van der Waals surface area contributed by atoms with E-state index in [0.29, 0.717) is 27.5 Å². The molecule has 0 aliphatic rings. The maximum atomic E-state index is 12.9. The van der Waals surface area contributed by atoms with Gasteiger partial charge in [-0.2, -0.15) is 0 Å². The topological polar surface area (TPSA) is 109 Å². The molecule has 2 aromatic carbocycles. The van der Waals surface area contributed by atoms with Crippen molar-refractivity contribution in [1.29, 1.82) is 0 Å². The van der Waals surface area contributed by atoms with Crippen LogP contribution in [-0.2, 0) is 22.6 Å². The van der Waals surface area contributed by atoms with Crippen LogP contribution in [0.2, 0.25) is 5.02 Å². The van der Waals surface area contributed by atoms with Gasteiger partial charge in [0.05, 0.1) is 25.8 Å². The van der Waals surface area contributed by atoms with E-state index in [1.807, 2.05) is 0 Å². The Bertz CT molecular complexity index is 1100. The number of hydrogen-bond donors (Lipinski definition) is 1. The van der Waals surface area contributed by atoms with Crippen LogP contribution in [0, 0.1) is 0 Å². The molecule has 3 rings (SSSR count). The molecular formula is C20H19ClN4O4. The third-order valence-electron chi connectivity index (χ3n) is 4.27. The van der Waals surface area contributed by atoms with Crippen molar-refractivity contribution < 1.29 is 14.3 Å². The lowest BCUT2D eigenvalue weighted by molar-refractivity contribution is -0.118. The van der Waals surface area contributed by atoms with Crippen LogP contribution >= 0.6 is 11.6 Å². The molecule has 0 saturated carbocycles. The van der Waals surface area contributed by atoms with E-state index in [1.54, 1.807) is 48.5 Å². The van der Waals surface area contributed by atoms with E-state index in [0.717, 1.165) is 4.68 Å². The number of nitrogens with two attached hydrogens (primary N) is 1. The fourth-order valence-electron chi connectivity index (χ4n) is 2.83. The van der Waals surface area contributed by atoms with Gasteiger partial charge in [0, 0.05) is 10.6 Å². The zero-order valence-electron chi connectivity index (χ0n) is 15.7. The van der Waals surface area contributed by atoms with E-state index in [1.165, 1.54) is 11.7 Å². The van der Waals surface area contributed by atoms with Crippen LogP contribution in [0.4, 0.5) is 0 Å². The third-order valence-corrected chi connectivity index (χ3v) is 4.52. The molecule has 1 heterocycles. The number of Topliss-reactive ketones (excluding diaryl/α,β-unsaturated/α-hetero) is 1. The molecule has 1 aromatic heterocycles. The summed E-state index contributed by atoms with van der Waals surface area (Å²) in [6, 6.07) is 13.6. The Kier molecular flexibility index (Phi) is 6.26. The minimum Gasteiger partial charge on any atom is -0.465 e. The number of carbonyl (C=O) groups excluding carboxylic acids is 2. The van der Waals surface area contributed by atoms with Gasteiger partial charge in [-0.25, -0.2) is 14.3 Å². The van der Waals surface area contributed by atoms with Crippen LogP contribution < -0.4 is 11.4 Å². The maximum Gasteiger partial charge on any atom is 0.346 e. The Morgan fingerprint density at radius 3 is 2.55 bits per heavy atom. The van der Waals surface area contributed by atoms with Gasteiger partial charge in [0.2, 0.25) is 0 Å². The monoisotopic (exact) mass is 414 g/mol. The highest BCUT2D eigenvalue weighted by Crippen LogP contribution is 2.20. The summed E-state index contributed by atoms with van der Waals surface area (Å²) in [5, 5.41) is 4.87. The fraction of sp³-hybridized carbons (Fsp3) is 0.200. The second-order valence-corrected chi connectivity index (χ2v) is 6.73. The molecule has 3 aromatic rings. The van der Waals surface area contributed by atoms with Gasteiger partial charge in [0.25, 0.3) is 0 Å². The summed E-state index contributed by atoms with van der Waals surface area (Å²) in [6.45, 7) is -0.250. The summed E-state index contributed by atoms with van der Waals surface area (Å²) in [5.41, 5.74) is 6.65. The van der Waals surface area contributed by atoms with Crippen molar-refractivity contribution in [3.05, 3.63) is 75.2 Å². The Morgan fingerprint density at radius 1 is 1.17 bits per heavy atom. The van der Waals surface area contributed by atoms with Gasteiger partial charge in [-0.3, -0.25) is 9.36 Å². The number of methoxy groups -OCH3 is 1. The van der Waals surface area contributed by atoms with Crippen LogP contribution in [0.3, 0.4) is 0 Å². The van der Waals surface area contributed by atoms with Gasteiger partial charge in [0.1, 0.15) is 6.54 Å². The second kappa shape index (κ2) is 8.85. The predicted octanol–water partition coefficient (Wildman–Crippen LogP) is 1.73. The number of halogens is 1. The predicted molar refractivity (Wildman–Crippen MR) is 108 cm³/mol. The zero-order chi connectivity index (χ0) is 21.0. The first-order valence-corrected chi connectivity index (χ1v) is 9.13. The number of esters is 1. The van der Waals surface area contributed by atoms with Crippen LogP contribution in [0.15, 0.2) is 53.3 Å². The number of benzene rings is 2. The van der Waals surface area contributed by atoms with Gasteiger partial charge >= 0.3 is 11.7 Å². The quantitative estimate of drug-likeness (QED) is 0.589. The molecule has 8 nitrogen and oxygen atoms in total. The first-order valence-electron chi connectivity index (χ1n) is 8.75. The zero-order valence-corrected chi connectivity index (χ0v) is 16.4. The van der Waals surface area contributed by atoms with Gasteiger partial charge in [-0.15, -0.1) is 5.10 Å². The van der Waals surface area contributed by atoms with Gasteiger partial charge < -0.3 is 10.5 Å². The molecule has 9 heteroatoms. The summed E-state index contributed by atoms with van der Waals surface area (Å²) in [7, 11) is 1.30. The molecule has 0 aliphatic heterocycles. The van der Waals surface area contributed by atoms with Gasteiger partial charge in [0.15, 0.2) is 11.6 Å². The average molecular weight is 415 g/mol. The summed E-state index contributed by atoms with van der Waals surface area (Å²) in [5.74, 6) is -0.409. The van der Waals surface area contributed by atoms with E-state index in [2.05, 4.69) is 5.10 Å². The Balaban J connectivity index is 2.06. The molecule has 150 valence electrons. The molecule has 0 atom stereocenters. The van der Waals surface area contributed by atoms with E-state index in [4.69, 9.17) is 22.1 Å². The summed E-state index contributed by atoms with van der Waals surface area (Å²) in [4.78, 5) is 36.5. The Morgan fingerprint density at radius 2 is 1.90 bits per heavy atom. The standard InChI is InChI=1S/C20H19ClN4O4/c1-29-19(27)15-4-2-3-13(9-15)11-24-18(14-5-7-16(21)8-6-14)23-25(20(24)28)12-17(26)10-22/h2-9H,10-12,22H2,1H3.